The standard InChI is InChI=1S/C24H20N2O2/c1-17-9-8-11-19(15-17)23-25-21(16-18-10-6-7-14-22(18)28-2)24(27)26(23)20-12-4-3-5-13-20/h3-16H,1-2H3/b21-16-. The number of carbonyl (C=O) groups excluding carboxylic acids is 1. The van der Waals surface area contributed by atoms with Crippen molar-refractivity contribution in [2.75, 3.05) is 12.0 Å². The third-order valence-electron chi connectivity index (χ3n) is 4.58. The lowest BCUT2D eigenvalue weighted by atomic mass is 10.1. The molecule has 0 fully saturated rings. The second-order valence-electron chi connectivity index (χ2n) is 6.55. The second kappa shape index (κ2) is 7.53. The number of carbonyl (C=O) groups is 1. The van der Waals surface area contributed by atoms with Gasteiger partial charge in [0, 0.05) is 11.1 Å². The molecule has 3 aromatic carbocycles. The van der Waals surface area contributed by atoms with Gasteiger partial charge in [0.15, 0.2) is 0 Å². The van der Waals surface area contributed by atoms with Gasteiger partial charge in [-0.3, -0.25) is 9.69 Å². The van der Waals surface area contributed by atoms with Gasteiger partial charge in [0.2, 0.25) is 0 Å². The van der Waals surface area contributed by atoms with Crippen LogP contribution in [0.3, 0.4) is 0 Å². The quantitative estimate of drug-likeness (QED) is 0.619. The molecule has 0 saturated carbocycles. The minimum absolute atomic E-state index is 0.159. The van der Waals surface area contributed by atoms with Crippen LogP contribution in [0.2, 0.25) is 0 Å². The predicted molar refractivity (Wildman–Crippen MR) is 113 cm³/mol. The molecule has 0 radical (unpaired) electrons. The molecule has 28 heavy (non-hydrogen) atoms. The number of aryl methyl sites for hydroxylation is 1. The van der Waals surface area contributed by atoms with Crippen molar-refractivity contribution in [2.45, 2.75) is 6.92 Å². The summed E-state index contributed by atoms with van der Waals surface area (Å²) in [6.07, 6.45) is 1.78. The molecule has 1 amide bonds. The Bertz CT molecular complexity index is 1080. The monoisotopic (exact) mass is 368 g/mol. The number of benzene rings is 3. The summed E-state index contributed by atoms with van der Waals surface area (Å²) in [5.74, 6) is 1.17. The predicted octanol–water partition coefficient (Wildman–Crippen LogP) is 4.84. The number of anilines is 1. The molecule has 0 bridgehead atoms. The second-order valence-corrected chi connectivity index (χ2v) is 6.55. The molecule has 4 nitrogen and oxygen atoms in total. The Hall–Kier alpha value is -3.66. The molecule has 0 saturated heterocycles. The normalized spacial score (nSPS) is 15.1. The minimum Gasteiger partial charge on any atom is -0.496 e. The highest BCUT2D eigenvalue weighted by Gasteiger charge is 2.32. The molecule has 4 rings (SSSR count). The first-order valence-electron chi connectivity index (χ1n) is 9.07. The van der Waals surface area contributed by atoms with Crippen LogP contribution in [-0.2, 0) is 4.79 Å². The molecular formula is C24H20N2O2. The van der Waals surface area contributed by atoms with E-state index >= 15 is 0 Å². The van der Waals surface area contributed by atoms with E-state index in [1.807, 2.05) is 85.8 Å². The maximum absolute atomic E-state index is 13.3. The molecule has 138 valence electrons. The largest absolute Gasteiger partial charge is 0.496 e. The Balaban J connectivity index is 1.85. The molecule has 0 aromatic heterocycles. The van der Waals surface area contributed by atoms with Gasteiger partial charge in [0.1, 0.15) is 17.3 Å². The summed E-state index contributed by atoms with van der Waals surface area (Å²) in [5.41, 5.74) is 4.00. The summed E-state index contributed by atoms with van der Waals surface area (Å²) in [7, 11) is 1.62. The molecular weight excluding hydrogens is 348 g/mol. The fourth-order valence-electron chi connectivity index (χ4n) is 3.24. The maximum atomic E-state index is 13.3. The summed E-state index contributed by atoms with van der Waals surface area (Å²) in [5, 5.41) is 0. The number of hydrogen-bond acceptors (Lipinski definition) is 3. The first-order valence-corrected chi connectivity index (χ1v) is 9.07. The van der Waals surface area contributed by atoms with Gasteiger partial charge in [0.05, 0.1) is 12.8 Å². The number of amides is 1. The van der Waals surface area contributed by atoms with Crippen molar-refractivity contribution in [3.05, 3.63) is 101 Å². The molecule has 1 aliphatic heterocycles. The van der Waals surface area contributed by atoms with Crippen molar-refractivity contribution in [1.82, 2.24) is 0 Å². The van der Waals surface area contributed by atoms with Crippen molar-refractivity contribution >= 4 is 23.5 Å². The molecule has 4 heteroatoms. The molecule has 1 aliphatic rings. The Kier molecular flexibility index (Phi) is 4.77. The number of hydrogen-bond donors (Lipinski definition) is 0. The zero-order valence-electron chi connectivity index (χ0n) is 15.8. The van der Waals surface area contributed by atoms with E-state index in [1.54, 1.807) is 18.1 Å². The number of methoxy groups -OCH3 is 1. The lowest BCUT2D eigenvalue weighted by Crippen LogP contribution is -2.32. The number of rotatable bonds is 4. The zero-order valence-corrected chi connectivity index (χ0v) is 15.8. The van der Waals surface area contributed by atoms with Crippen LogP contribution in [-0.4, -0.2) is 18.9 Å². The van der Waals surface area contributed by atoms with Gasteiger partial charge >= 0.3 is 0 Å². The highest BCUT2D eigenvalue weighted by atomic mass is 16.5. The molecule has 0 spiro atoms. The Labute approximate surface area is 164 Å². The zero-order chi connectivity index (χ0) is 19.5. The van der Waals surface area contributed by atoms with Gasteiger partial charge in [-0.2, -0.15) is 0 Å². The van der Waals surface area contributed by atoms with E-state index in [4.69, 9.17) is 9.73 Å². The van der Waals surface area contributed by atoms with Crippen molar-refractivity contribution in [1.29, 1.82) is 0 Å². The smallest absolute Gasteiger partial charge is 0.282 e. The van der Waals surface area contributed by atoms with Gasteiger partial charge in [-0.1, -0.05) is 60.2 Å². The SMILES string of the molecule is COc1ccccc1/C=C1\N=C(c2cccc(C)c2)N(c2ccccc2)C1=O. The van der Waals surface area contributed by atoms with Gasteiger partial charge < -0.3 is 4.74 Å². The lowest BCUT2D eigenvalue weighted by molar-refractivity contribution is -0.113. The first-order chi connectivity index (χ1) is 13.7. The van der Waals surface area contributed by atoms with E-state index in [9.17, 15) is 4.79 Å². The van der Waals surface area contributed by atoms with E-state index in [2.05, 4.69) is 0 Å². The van der Waals surface area contributed by atoms with Crippen molar-refractivity contribution < 1.29 is 9.53 Å². The molecule has 0 unspecified atom stereocenters. The number of aliphatic imine (C=N–C) groups is 1. The van der Waals surface area contributed by atoms with Gasteiger partial charge in [-0.15, -0.1) is 0 Å². The Morgan fingerprint density at radius 1 is 0.929 bits per heavy atom. The molecule has 0 aliphatic carbocycles. The molecule has 0 N–H and O–H groups in total. The third kappa shape index (κ3) is 3.32. The van der Waals surface area contributed by atoms with Crippen molar-refractivity contribution in [3.63, 3.8) is 0 Å². The van der Waals surface area contributed by atoms with Crippen LogP contribution in [0.15, 0.2) is 89.6 Å². The van der Waals surface area contributed by atoms with Crippen LogP contribution in [0.4, 0.5) is 5.69 Å². The number of amidine groups is 1. The highest BCUT2D eigenvalue weighted by Crippen LogP contribution is 2.29. The van der Waals surface area contributed by atoms with Crippen LogP contribution in [0.5, 0.6) is 5.75 Å². The fraction of sp³-hybridized carbons (Fsp3) is 0.0833. The molecule has 3 aromatic rings. The Morgan fingerprint density at radius 3 is 2.43 bits per heavy atom. The van der Waals surface area contributed by atoms with Crippen LogP contribution in [0, 0.1) is 6.92 Å². The minimum atomic E-state index is -0.159. The highest BCUT2D eigenvalue weighted by molar-refractivity contribution is 6.33. The summed E-state index contributed by atoms with van der Waals surface area (Å²) in [4.78, 5) is 19.7. The summed E-state index contributed by atoms with van der Waals surface area (Å²) in [6, 6.07) is 25.2. The van der Waals surface area contributed by atoms with E-state index in [-0.39, 0.29) is 5.91 Å². The number of para-hydroxylation sites is 2. The average Bonchev–Trinajstić information content (AvgIpc) is 3.05. The van der Waals surface area contributed by atoms with Crippen molar-refractivity contribution in [3.8, 4) is 5.75 Å². The maximum Gasteiger partial charge on any atom is 0.282 e. The lowest BCUT2D eigenvalue weighted by Gasteiger charge is -2.18. The average molecular weight is 368 g/mol. The topological polar surface area (TPSA) is 41.9 Å². The van der Waals surface area contributed by atoms with E-state index in [0.29, 0.717) is 17.3 Å². The van der Waals surface area contributed by atoms with E-state index < -0.39 is 0 Å². The summed E-state index contributed by atoms with van der Waals surface area (Å²) in [6.45, 7) is 2.03. The molecule has 0 atom stereocenters. The Morgan fingerprint density at radius 2 is 1.68 bits per heavy atom. The van der Waals surface area contributed by atoms with Gasteiger partial charge in [-0.05, 0) is 37.3 Å². The molecule has 1 heterocycles. The van der Waals surface area contributed by atoms with E-state index in [0.717, 1.165) is 22.4 Å². The fourth-order valence-corrected chi connectivity index (χ4v) is 3.24. The number of nitrogens with zero attached hydrogens (tertiary/aromatic N) is 2. The van der Waals surface area contributed by atoms with Crippen LogP contribution in [0.25, 0.3) is 6.08 Å². The van der Waals surface area contributed by atoms with Gasteiger partial charge in [-0.25, -0.2) is 4.99 Å². The van der Waals surface area contributed by atoms with Crippen molar-refractivity contribution in [2.24, 2.45) is 4.99 Å². The van der Waals surface area contributed by atoms with Crippen LogP contribution < -0.4 is 9.64 Å². The van der Waals surface area contributed by atoms with E-state index in [1.165, 1.54) is 0 Å². The first kappa shape index (κ1) is 17.7. The number of ether oxygens (including phenoxy) is 1. The van der Waals surface area contributed by atoms with Gasteiger partial charge in [0.25, 0.3) is 5.91 Å². The third-order valence-corrected chi connectivity index (χ3v) is 4.58. The van der Waals surface area contributed by atoms with Crippen LogP contribution >= 0.6 is 0 Å². The summed E-state index contributed by atoms with van der Waals surface area (Å²) >= 11 is 0. The summed E-state index contributed by atoms with van der Waals surface area (Å²) < 4.78 is 5.41. The van der Waals surface area contributed by atoms with Crippen LogP contribution in [0.1, 0.15) is 16.7 Å².